The van der Waals surface area contributed by atoms with Gasteiger partial charge in [0.2, 0.25) is 5.82 Å². The molecule has 0 aliphatic rings. The molecule has 0 aliphatic heterocycles. The maximum absolute atomic E-state index is 12.1. The molecule has 11 heteroatoms. The van der Waals surface area contributed by atoms with Crippen LogP contribution in [0, 0.1) is 0 Å². The van der Waals surface area contributed by atoms with E-state index >= 15 is 0 Å². The van der Waals surface area contributed by atoms with Crippen LogP contribution in [0.15, 0.2) is 72.8 Å². The molecule has 2 amide bonds. The van der Waals surface area contributed by atoms with E-state index < -0.39 is 11.8 Å². The van der Waals surface area contributed by atoms with Crippen LogP contribution in [-0.2, 0) is 17.9 Å². The molecule has 4 aromatic rings. The van der Waals surface area contributed by atoms with Crippen LogP contribution in [0.3, 0.4) is 0 Å². The molecule has 3 aromatic carbocycles. The maximum atomic E-state index is 12.1. The minimum absolute atomic E-state index is 0.229. The fourth-order valence-corrected chi connectivity index (χ4v) is 3.19. The van der Waals surface area contributed by atoms with Crippen LogP contribution < -0.4 is 15.6 Å². The third-order valence-corrected chi connectivity index (χ3v) is 5.25. The molecule has 0 saturated carbocycles. The topological polar surface area (TPSA) is 111 Å². The SMILES string of the molecule is O=C(Cn1nnc(-c2ccc(OCc3ccccc3Cl)cc2)n1)NNC(=O)c1ccc(Cl)cc1. The number of ether oxygens (including phenoxy) is 1. The van der Waals surface area contributed by atoms with Gasteiger partial charge in [-0.05, 0) is 59.8 Å². The first-order chi connectivity index (χ1) is 16.5. The summed E-state index contributed by atoms with van der Waals surface area (Å²) in [6.07, 6.45) is 0. The van der Waals surface area contributed by atoms with Crippen molar-refractivity contribution in [3.8, 4) is 17.1 Å². The Hall–Kier alpha value is -3.95. The van der Waals surface area contributed by atoms with Crippen molar-refractivity contribution in [3.63, 3.8) is 0 Å². The molecule has 34 heavy (non-hydrogen) atoms. The molecule has 2 N–H and O–H groups in total. The van der Waals surface area contributed by atoms with Crippen LogP contribution >= 0.6 is 23.2 Å². The fourth-order valence-electron chi connectivity index (χ4n) is 2.87. The number of hydrogen-bond donors (Lipinski definition) is 2. The lowest BCUT2D eigenvalue weighted by molar-refractivity contribution is -0.122. The van der Waals surface area contributed by atoms with Gasteiger partial charge in [0.1, 0.15) is 18.9 Å². The Morgan fingerprint density at radius 2 is 1.65 bits per heavy atom. The predicted molar refractivity (Wildman–Crippen MR) is 126 cm³/mol. The number of halogens is 2. The Labute approximate surface area is 204 Å². The predicted octanol–water partition coefficient (Wildman–Crippen LogP) is 3.69. The fraction of sp³-hybridized carbons (Fsp3) is 0.0870. The smallest absolute Gasteiger partial charge is 0.269 e. The van der Waals surface area contributed by atoms with Crippen molar-refractivity contribution in [2.45, 2.75) is 13.2 Å². The van der Waals surface area contributed by atoms with Crippen molar-refractivity contribution in [1.82, 2.24) is 31.1 Å². The van der Waals surface area contributed by atoms with Crippen molar-refractivity contribution in [1.29, 1.82) is 0 Å². The van der Waals surface area contributed by atoms with Gasteiger partial charge in [0.15, 0.2) is 0 Å². The van der Waals surface area contributed by atoms with Gasteiger partial charge < -0.3 is 4.74 Å². The van der Waals surface area contributed by atoms with Crippen LogP contribution in [0.1, 0.15) is 15.9 Å². The number of nitrogens with zero attached hydrogens (tertiary/aromatic N) is 4. The summed E-state index contributed by atoms with van der Waals surface area (Å²) in [5.74, 6) is 0.00575. The third-order valence-electron chi connectivity index (χ3n) is 4.62. The van der Waals surface area contributed by atoms with E-state index in [1.165, 1.54) is 0 Å². The van der Waals surface area contributed by atoms with Crippen molar-refractivity contribution < 1.29 is 14.3 Å². The molecule has 4 rings (SSSR count). The highest BCUT2D eigenvalue weighted by Gasteiger charge is 2.11. The maximum Gasteiger partial charge on any atom is 0.269 e. The first-order valence-corrected chi connectivity index (χ1v) is 10.8. The van der Waals surface area contributed by atoms with E-state index in [2.05, 4.69) is 26.3 Å². The van der Waals surface area contributed by atoms with E-state index in [-0.39, 0.29) is 6.54 Å². The quantitative estimate of drug-likeness (QED) is 0.377. The van der Waals surface area contributed by atoms with Gasteiger partial charge in [0, 0.05) is 26.7 Å². The molecule has 1 aromatic heterocycles. The summed E-state index contributed by atoms with van der Waals surface area (Å²) in [6.45, 7) is 0.115. The summed E-state index contributed by atoms with van der Waals surface area (Å²) in [6, 6.07) is 20.9. The summed E-state index contributed by atoms with van der Waals surface area (Å²) in [4.78, 5) is 25.3. The van der Waals surface area contributed by atoms with Gasteiger partial charge in [-0.15, -0.1) is 10.2 Å². The summed E-state index contributed by atoms with van der Waals surface area (Å²) >= 11 is 11.9. The first kappa shape index (κ1) is 23.2. The minimum Gasteiger partial charge on any atom is -0.489 e. The summed E-state index contributed by atoms with van der Waals surface area (Å²) < 4.78 is 5.77. The number of tetrazole rings is 1. The Bertz CT molecular complexity index is 1290. The molecule has 0 unspecified atom stereocenters. The van der Waals surface area contributed by atoms with Gasteiger partial charge in [-0.25, -0.2) is 0 Å². The minimum atomic E-state index is -0.519. The van der Waals surface area contributed by atoms with E-state index in [0.717, 1.165) is 10.4 Å². The summed E-state index contributed by atoms with van der Waals surface area (Å²) in [5.41, 5.74) is 6.57. The lowest BCUT2D eigenvalue weighted by Crippen LogP contribution is -2.43. The molecule has 0 radical (unpaired) electrons. The van der Waals surface area contributed by atoms with Crippen LogP contribution in [0.5, 0.6) is 5.75 Å². The zero-order valence-corrected chi connectivity index (χ0v) is 19.1. The lowest BCUT2D eigenvalue weighted by atomic mass is 10.2. The highest BCUT2D eigenvalue weighted by Crippen LogP contribution is 2.21. The van der Waals surface area contributed by atoms with Gasteiger partial charge in [0.05, 0.1) is 0 Å². The van der Waals surface area contributed by atoms with Gasteiger partial charge in [-0.1, -0.05) is 41.4 Å². The Morgan fingerprint density at radius 3 is 2.38 bits per heavy atom. The van der Waals surface area contributed by atoms with Crippen molar-refractivity contribution >= 4 is 35.0 Å². The average Bonchev–Trinajstić information content (AvgIpc) is 3.31. The second kappa shape index (κ2) is 10.8. The number of hydrazine groups is 1. The zero-order valence-electron chi connectivity index (χ0n) is 17.6. The van der Waals surface area contributed by atoms with Gasteiger partial charge in [-0.2, -0.15) is 4.80 Å². The zero-order chi connectivity index (χ0) is 23.9. The third kappa shape index (κ3) is 6.09. The van der Waals surface area contributed by atoms with E-state index in [1.807, 2.05) is 24.3 Å². The van der Waals surface area contributed by atoms with Gasteiger partial charge in [0.25, 0.3) is 11.8 Å². The molecule has 0 atom stereocenters. The number of benzene rings is 3. The number of aromatic nitrogens is 4. The molecule has 172 valence electrons. The number of carbonyl (C=O) groups excluding carboxylic acids is 2. The first-order valence-electron chi connectivity index (χ1n) is 10.1. The monoisotopic (exact) mass is 496 g/mol. The van der Waals surface area contributed by atoms with Gasteiger partial charge in [-0.3, -0.25) is 20.4 Å². The molecule has 0 spiro atoms. The number of amides is 2. The number of nitrogens with one attached hydrogen (secondary N) is 2. The van der Waals surface area contributed by atoms with Crippen LogP contribution in [0.2, 0.25) is 10.0 Å². The number of hydrogen-bond acceptors (Lipinski definition) is 6. The average molecular weight is 497 g/mol. The highest BCUT2D eigenvalue weighted by atomic mass is 35.5. The Kier molecular flexibility index (Phi) is 7.36. The molecule has 0 bridgehead atoms. The molecule has 0 aliphatic carbocycles. The molecule has 0 saturated heterocycles. The van der Waals surface area contributed by atoms with E-state index in [0.29, 0.717) is 39.4 Å². The van der Waals surface area contributed by atoms with Crippen LogP contribution in [0.4, 0.5) is 0 Å². The van der Waals surface area contributed by atoms with Crippen molar-refractivity contribution in [2.24, 2.45) is 0 Å². The number of carbonyl (C=O) groups is 2. The molecule has 0 fully saturated rings. The Balaban J connectivity index is 1.28. The Morgan fingerprint density at radius 1 is 0.912 bits per heavy atom. The second-order valence-electron chi connectivity index (χ2n) is 7.06. The van der Waals surface area contributed by atoms with Crippen molar-refractivity contribution in [2.75, 3.05) is 0 Å². The standard InChI is InChI=1S/C23H18Cl2N6O3/c24-18-9-5-16(6-10-18)23(33)28-26-21(32)13-31-29-22(27-30-31)15-7-11-19(12-8-15)34-14-17-3-1-2-4-20(17)25/h1-12H,13-14H2,(H,26,32)(H,28,33). The second-order valence-corrected chi connectivity index (χ2v) is 7.90. The summed E-state index contributed by atoms with van der Waals surface area (Å²) in [7, 11) is 0. The lowest BCUT2D eigenvalue weighted by Gasteiger charge is -2.08. The summed E-state index contributed by atoms with van der Waals surface area (Å²) in [5, 5.41) is 13.2. The van der Waals surface area contributed by atoms with Crippen LogP contribution in [-0.4, -0.2) is 32.0 Å². The molecule has 9 nitrogen and oxygen atoms in total. The normalized spacial score (nSPS) is 10.5. The van der Waals surface area contributed by atoms with Crippen molar-refractivity contribution in [3.05, 3.63) is 94.0 Å². The van der Waals surface area contributed by atoms with E-state index in [4.69, 9.17) is 27.9 Å². The highest BCUT2D eigenvalue weighted by molar-refractivity contribution is 6.31. The van der Waals surface area contributed by atoms with E-state index in [1.54, 1.807) is 48.5 Å². The van der Waals surface area contributed by atoms with E-state index in [9.17, 15) is 9.59 Å². The molecular weight excluding hydrogens is 479 g/mol. The largest absolute Gasteiger partial charge is 0.489 e. The van der Waals surface area contributed by atoms with Crippen LogP contribution in [0.25, 0.3) is 11.4 Å². The number of rotatable bonds is 7. The molecular formula is C23H18Cl2N6O3. The van der Waals surface area contributed by atoms with Gasteiger partial charge >= 0.3 is 0 Å². The molecule has 1 heterocycles.